The summed E-state index contributed by atoms with van der Waals surface area (Å²) < 4.78 is 5.47. The molecule has 0 atom stereocenters. The summed E-state index contributed by atoms with van der Waals surface area (Å²) in [4.78, 5) is 23.9. The van der Waals surface area contributed by atoms with Gasteiger partial charge in [0.1, 0.15) is 6.42 Å². The van der Waals surface area contributed by atoms with E-state index in [0.29, 0.717) is 15.7 Å². The average Bonchev–Trinajstić information content (AvgIpc) is 2.64. The van der Waals surface area contributed by atoms with Crippen molar-refractivity contribution in [1.82, 2.24) is 5.43 Å². The number of halogens is 1. The van der Waals surface area contributed by atoms with Gasteiger partial charge in [-0.2, -0.15) is 5.10 Å². The number of ether oxygens (including phenoxy) is 1. The molecule has 0 saturated heterocycles. The number of hydrazone groups is 1. The number of hydrogen-bond donors (Lipinski definition) is 3. The summed E-state index contributed by atoms with van der Waals surface area (Å²) in [6.07, 6.45) is 1.81. The van der Waals surface area contributed by atoms with Gasteiger partial charge in [0.15, 0.2) is 11.5 Å². The van der Waals surface area contributed by atoms with Gasteiger partial charge >= 0.3 is 0 Å². The predicted molar refractivity (Wildman–Crippen MR) is 107 cm³/mol. The number of aryl methyl sites for hydroxylation is 1. The summed E-state index contributed by atoms with van der Waals surface area (Å²) in [5, 5.41) is 16.3. The molecule has 2 aromatic rings. The zero-order valence-corrected chi connectivity index (χ0v) is 16.5. The number of phenolic OH excluding ortho intramolecular Hbond substituents is 1. The van der Waals surface area contributed by atoms with Crippen LogP contribution in [0.25, 0.3) is 0 Å². The largest absolute Gasteiger partial charge is 0.503 e. The number of para-hydroxylation sites is 1. The molecule has 0 heterocycles. The van der Waals surface area contributed by atoms with Crippen LogP contribution in [-0.4, -0.2) is 30.2 Å². The molecule has 0 radical (unpaired) electrons. The van der Waals surface area contributed by atoms with Gasteiger partial charge in [0.05, 0.1) is 17.8 Å². The number of amides is 2. The number of benzene rings is 2. The van der Waals surface area contributed by atoms with Crippen LogP contribution in [0.4, 0.5) is 5.69 Å². The molecule has 2 aromatic carbocycles. The first-order valence-corrected chi connectivity index (χ1v) is 9.00. The van der Waals surface area contributed by atoms with Crippen LogP contribution in [0.2, 0.25) is 0 Å². The number of carbonyl (C=O) groups excluding carboxylic acids is 2. The van der Waals surface area contributed by atoms with Crippen molar-refractivity contribution in [3.05, 3.63) is 52.0 Å². The molecule has 27 heavy (non-hydrogen) atoms. The first kappa shape index (κ1) is 20.4. The Labute approximate surface area is 165 Å². The molecule has 0 fully saturated rings. The molecule has 0 saturated carbocycles. The number of anilines is 1. The van der Waals surface area contributed by atoms with Gasteiger partial charge < -0.3 is 15.2 Å². The molecular formula is C19H20BrN3O4. The molecule has 2 amide bonds. The van der Waals surface area contributed by atoms with E-state index >= 15 is 0 Å². The molecule has 3 N–H and O–H groups in total. The van der Waals surface area contributed by atoms with Crippen LogP contribution in [0.1, 0.15) is 24.5 Å². The topological polar surface area (TPSA) is 100 Å². The molecule has 0 bridgehead atoms. The number of aromatic hydroxyl groups is 1. The lowest BCUT2D eigenvalue weighted by Crippen LogP contribution is -2.25. The molecule has 0 aromatic heterocycles. The van der Waals surface area contributed by atoms with Crippen LogP contribution in [0.15, 0.2) is 46.0 Å². The molecule has 0 aliphatic heterocycles. The Morgan fingerprint density at radius 1 is 1.26 bits per heavy atom. The summed E-state index contributed by atoms with van der Waals surface area (Å²) >= 11 is 3.20. The van der Waals surface area contributed by atoms with E-state index in [1.165, 1.54) is 13.3 Å². The number of rotatable bonds is 7. The van der Waals surface area contributed by atoms with Crippen molar-refractivity contribution in [2.75, 3.05) is 12.4 Å². The zero-order valence-electron chi connectivity index (χ0n) is 15.0. The van der Waals surface area contributed by atoms with Crippen molar-refractivity contribution >= 4 is 39.6 Å². The third-order valence-corrected chi connectivity index (χ3v) is 4.27. The fourth-order valence-electron chi connectivity index (χ4n) is 2.33. The van der Waals surface area contributed by atoms with Crippen molar-refractivity contribution < 1.29 is 19.4 Å². The molecule has 0 aliphatic rings. The van der Waals surface area contributed by atoms with E-state index in [0.717, 1.165) is 12.0 Å². The van der Waals surface area contributed by atoms with Crippen molar-refractivity contribution in [3.8, 4) is 11.5 Å². The van der Waals surface area contributed by atoms with Crippen LogP contribution in [-0.2, 0) is 16.0 Å². The van der Waals surface area contributed by atoms with Crippen LogP contribution in [0, 0.1) is 0 Å². The first-order valence-electron chi connectivity index (χ1n) is 8.20. The van der Waals surface area contributed by atoms with Crippen LogP contribution >= 0.6 is 15.9 Å². The third kappa shape index (κ3) is 5.82. The lowest BCUT2D eigenvalue weighted by Gasteiger charge is -2.09. The lowest BCUT2D eigenvalue weighted by atomic mass is 10.1. The number of nitrogens with one attached hydrogen (secondary N) is 2. The van der Waals surface area contributed by atoms with E-state index in [1.807, 2.05) is 25.1 Å². The summed E-state index contributed by atoms with van der Waals surface area (Å²) in [7, 11) is 1.43. The minimum Gasteiger partial charge on any atom is -0.503 e. The van der Waals surface area contributed by atoms with E-state index in [1.54, 1.807) is 18.2 Å². The molecular weight excluding hydrogens is 414 g/mol. The second-order valence-corrected chi connectivity index (χ2v) is 6.44. The highest BCUT2D eigenvalue weighted by atomic mass is 79.9. The summed E-state index contributed by atoms with van der Waals surface area (Å²) in [6.45, 7) is 1.99. The fourth-order valence-corrected chi connectivity index (χ4v) is 2.79. The van der Waals surface area contributed by atoms with Crippen LogP contribution in [0.5, 0.6) is 11.5 Å². The Hall–Kier alpha value is -2.87. The van der Waals surface area contributed by atoms with Gasteiger partial charge in [-0.25, -0.2) is 5.43 Å². The summed E-state index contributed by atoms with van der Waals surface area (Å²) in [5.41, 5.74) is 4.59. The molecule has 7 nitrogen and oxygen atoms in total. The Balaban J connectivity index is 1.91. The van der Waals surface area contributed by atoms with Gasteiger partial charge in [-0.1, -0.05) is 25.1 Å². The van der Waals surface area contributed by atoms with Gasteiger partial charge in [0.2, 0.25) is 11.8 Å². The Kier molecular flexibility index (Phi) is 7.36. The van der Waals surface area contributed by atoms with Crippen molar-refractivity contribution in [3.63, 3.8) is 0 Å². The summed E-state index contributed by atoms with van der Waals surface area (Å²) in [6, 6.07) is 10.6. The van der Waals surface area contributed by atoms with E-state index in [-0.39, 0.29) is 17.9 Å². The number of phenols is 1. The van der Waals surface area contributed by atoms with E-state index in [2.05, 4.69) is 31.8 Å². The quantitative estimate of drug-likeness (QED) is 0.354. The molecule has 8 heteroatoms. The second kappa shape index (κ2) is 9.72. The van der Waals surface area contributed by atoms with E-state index in [4.69, 9.17) is 4.74 Å². The number of hydrogen-bond acceptors (Lipinski definition) is 5. The SMILES string of the molecule is CCc1ccccc1NC(=O)CC(=O)NN=Cc1cc(Br)c(O)c(OC)c1. The Bertz CT molecular complexity index is 868. The van der Waals surface area contributed by atoms with E-state index < -0.39 is 11.8 Å². The molecule has 0 spiro atoms. The van der Waals surface area contributed by atoms with Gasteiger partial charge in [-0.15, -0.1) is 0 Å². The van der Waals surface area contributed by atoms with Gasteiger partial charge in [-0.05, 0) is 51.7 Å². The minimum atomic E-state index is -0.539. The van der Waals surface area contributed by atoms with Crippen molar-refractivity contribution in [2.24, 2.45) is 5.10 Å². The standard InChI is InChI=1S/C19H20BrN3O4/c1-3-13-6-4-5-7-15(13)22-17(24)10-18(25)23-21-11-12-8-14(20)19(26)16(9-12)27-2/h4-9,11,26H,3,10H2,1-2H3,(H,22,24)(H,23,25). The smallest absolute Gasteiger partial charge is 0.249 e. The Morgan fingerprint density at radius 3 is 2.70 bits per heavy atom. The highest BCUT2D eigenvalue weighted by Gasteiger charge is 2.11. The number of nitrogens with zero attached hydrogens (tertiary/aromatic N) is 1. The monoisotopic (exact) mass is 433 g/mol. The van der Waals surface area contributed by atoms with E-state index in [9.17, 15) is 14.7 Å². The normalized spacial score (nSPS) is 10.6. The molecule has 2 rings (SSSR count). The number of carbonyl (C=O) groups is 2. The lowest BCUT2D eigenvalue weighted by molar-refractivity contribution is -0.126. The zero-order chi connectivity index (χ0) is 19.8. The third-order valence-electron chi connectivity index (χ3n) is 3.67. The highest BCUT2D eigenvalue weighted by Crippen LogP contribution is 2.34. The maximum atomic E-state index is 12.0. The van der Waals surface area contributed by atoms with Crippen LogP contribution < -0.4 is 15.5 Å². The first-order chi connectivity index (χ1) is 12.9. The number of methoxy groups -OCH3 is 1. The van der Waals surface area contributed by atoms with Gasteiger partial charge in [0.25, 0.3) is 0 Å². The Morgan fingerprint density at radius 2 is 2.00 bits per heavy atom. The highest BCUT2D eigenvalue weighted by molar-refractivity contribution is 9.10. The minimum absolute atomic E-state index is 0.0253. The summed E-state index contributed by atoms with van der Waals surface area (Å²) in [5.74, 6) is -0.714. The van der Waals surface area contributed by atoms with Crippen molar-refractivity contribution in [2.45, 2.75) is 19.8 Å². The predicted octanol–water partition coefficient (Wildman–Crippen LogP) is 3.20. The second-order valence-electron chi connectivity index (χ2n) is 5.58. The maximum absolute atomic E-state index is 12.0. The average molecular weight is 434 g/mol. The van der Waals surface area contributed by atoms with Gasteiger partial charge in [0, 0.05) is 5.69 Å². The van der Waals surface area contributed by atoms with Crippen molar-refractivity contribution in [1.29, 1.82) is 0 Å². The molecule has 0 unspecified atom stereocenters. The fraction of sp³-hybridized carbons (Fsp3) is 0.211. The maximum Gasteiger partial charge on any atom is 0.249 e. The van der Waals surface area contributed by atoms with Crippen LogP contribution in [0.3, 0.4) is 0 Å². The molecule has 0 aliphatic carbocycles. The van der Waals surface area contributed by atoms with Gasteiger partial charge in [-0.3, -0.25) is 9.59 Å². The molecule has 142 valence electrons.